The van der Waals surface area contributed by atoms with Crippen molar-refractivity contribution in [2.24, 2.45) is 7.05 Å². The van der Waals surface area contributed by atoms with E-state index >= 15 is 0 Å². The number of ketones is 1. The second kappa shape index (κ2) is 13.8. The molecule has 234 valence electrons. The van der Waals surface area contributed by atoms with Crippen molar-refractivity contribution in [3.8, 4) is 11.5 Å². The Hall–Kier alpha value is -4.94. The second-order valence-electron chi connectivity index (χ2n) is 10.8. The third-order valence-corrected chi connectivity index (χ3v) is 7.45. The lowest BCUT2D eigenvalue weighted by atomic mass is 10.0. The lowest BCUT2D eigenvalue weighted by Crippen LogP contribution is -2.47. The molecular formula is C32H35ClN8O4. The van der Waals surface area contributed by atoms with Crippen LogP contribution in [-0.4, -0.2) is 71.3 Å². The van der Waals surface area contributed by atoms with Crippen LogP contribution in [-0.2, 0) is 31.4 Å². The minimum Gasteiger partial charge on any atom is -0.497 e. The van der Waals surface area contributed by atoms with Crippen LogP contribution < -0.4 is 24.6 Å². The fraction of sp³-hybridized carbons (Fsp3) is 0.281. The zero-order valence-electron chi connectivity index (χ0n) is 25.8. The number of fused-ring (bicyclic) bond motifs is 1. The standard InChI is InChI=1S/C32H35ClN8O4/c1-38(2)12-7-10-24(42)15-21-8-6-9-22(14-21)19-41-30-23(18-34-31(36-30)35-28-11-13-39(3)37-28)20-40(32(41)43)26-16-25(44-4)17-27(45-5)29(26)33/h6-11,13-14,16-18H,12,15,19-20H2,1-5H3,(H,34,35,36,37)/b10-7+. The summed E-state index contributed by atoms with van der Waals surface area (Å²) in [4.78, 5) is 41.2. The summed E-state index contributed by atoms with van der Waals surface area (Å²) in [5.74, 6) is 2.17. The van der Waals surface area contributed by atoms with E-state index in [1.54, 1.807) is 51.2 Å². The van der Waals surface area contributed by atoms with Gasteiger partial charge in [0.1, 0.15) is 22.3 Å². The van der Waals surface area contributed by atoms with E-state index in [4.69, 9.17) is 26.1 Å². The molecule has 0 aliphatic carbocycles. The average Bonchev–Trinajstić information content (AvgIpc) is 3.43. The summed E-state index contributed by atoms with van der Waals surface area (Å²) in [6.07, 6.45) is 7.18. The molecule has 0 bridgehead atoms. The van der Waals surface area contributed by atoms with E-state index in [2.05, 4.69) is 15.4 Å². The van der Waals surface area contributed by atoms with Crippen molar-refractivity contribution >= 4 is 46.7 Å². The van der Waals surface area contributed by atoms with Gasteiger partial charge in [-0.25, -0.2) is 9.78 Å². The predicted molar refractivity (Wildman–Crippen MR) is 174 cm³/mol. The van der Waals surface area contributed by atoms with Gasteiger partial charge in [-0.05, 0) is 31.3 Å². The number of allylic oxidation sites excluding steroid dienone is 1. The summed E-state index contributed by atoms with van der Waals surface area (Å²) in [5, 5.41) is 7.71. The number of hydrogen-bond donors (Lipinski definition) is 1. The molecule has 2 amide bonds. The van der Waals surface area contributed by atoms with E-state index in [0.717, 1.165) is 11.1 Å². The molecule has 0 spiro atoms. The van der Waals surface area contributed by atoms with Crippen molar-refractivity contribution in [3.05, 3.63) is 88.7 Å². The average molecular weight is 631 g/mol. The van der Waals surface area contributed by atoms with E-state index in [1.807, 2.05) is 56.4 Å². The molecule has 0 saturated heterocycles. The number of likely N-dealkylation sites (N-methyl/N-ethyl adjacent to an activating group) is 1. The topological polar surface area (TPSA) is 118 Å². The highest BCUT2D eigenvalue weighted by molar-refractivity contribution is 6.35. The minimum absolute atomic E-state index is 0.000776. The molecule has 3 heterocycles. The Morgan fingerprint density at radius 3 is 2.64 bits per heavy atom. The number of nitrogens with one attached hydrogen (secondary N) is 1. The molecule has 0 saturated carbocycles. The zero-order valence-corrected chi connectivity index (χ0v) is 26.6. The maximum Gasteiger partial charge on any atom is 0.330 e. The number of carbonyl (C=O) groups is 2. The fourth-order valence-electron chi connectivity index (χ4n) is 4.90. The van der Waals surface area contributed by atoms with Crippen LogP contribution in [0.2, 0.25) is 5.02 Å². The summed E-state index contributed by atoms with van der Waals surface area (Å²) in [5.41, 5.74) is 2.80. The van der Waals surface area contributed by atoms with Gasteiger partial charge >= 0.3 is 6.03 Å². The lowest BCUT2D eigenvalue weighted by Gasteiger charge is -2.36. The molecule has 0 radical (unpaired) electrons. The second-order valence-corrected chi connectivity index (χ2v) is 11.2. The smallest absolute Gasteiger partial charge is 0.330 e. The summed E-state index contributed by atoms with van der Waals surface area (Å²) >= 11 is 6.73. The number of urea groups is 1. The Balaban J connectivity index is 1.50. The van der Waals surface area contributed by atoms with Crippen LogP contribution in [0.4, 0.5) is 28.1 Å². The first-order valence-corrected chi connectivity index (χ1v) is 14.6. The van der Waals surface area contributed by atoms with Crippen LogP contribution in [0.5, 0.6) is 11.5 Å². The zero-order chi connectivity index (χ0) is 32.1. The van der Waals surface area contributed by atoms with Gasteiger partial charge in [-0.2, -0.15) is 10.1 Å². The van der Waals surface area contributed by atoms with Crippen molar-refractivity contribution < 1.29 is 19.1 Å². The maximum absolute atomic E-state index is 14.3. The molecule has 1 aliphatic heterocycles. The number of amides is 2. The van der Waals surface area contributed by atoms with Crippen LogP contribution >= 0.6 is 11.6 Å². The Morgan fingerprint density at radius 2 is 1.93 bits per heavy atom. The van der Waals surface area contributed by atoms with Crippen molar-refractivity contribution in [1.82, 2.24) is 24.6 Å². The van der Waals surface area contributed by atoms with Gasteiger partial charge in [0.15, 0.2) is 11.6 Å². The highest BCUT2D eigenvalue weighted by Gasteiger charge is 2.35. The number of hydrogen-bond acceptors (Lipinski definition) is 9. The van der Waals surface area contributed by atoms with Gasteiger partial charge < -0.3 is 19.7 Å². The summed E-state index contributed by atoms with van der Waals surface area (Å²) < 4.78 is 12.6. The fourth-order valence-corrected chi connectivity index (χ4v) is 5.19. The summed E-state index contributed by atoms with van der Waals surface area (Å²) in [7, 11) is 8.74. The third kappa shape index (κ3) is 7.41. The number of ether oxygens (including phenoxy) is 2. The van der Waals surface area contributed by atoms with E-state index in [0.29, 0.717) is 46.9 Å². The van der Waals surface area contributed by atoms with Crippen molar-refractivity contribution in [1.29, 1.82) is 0 Å². The van der Waals surface area contributed by atoms with Crippen LogP contribution in [0.25, 0.3) is 0 Å². The van der Waals surface area contributed by atoms with Crippen molar-refractivity contribution in [2.45, 2.75) is 19.5 Å². The predicted octanol–water partition coefficient (Wildman–Crippen LogP) is 5.00. The maximum atomic E-state index is 14.3. The molecule has 1 aliphatic rings. The normalized spacial score (nSPS) is 13.0. The number of benzene rings is 2. The van der Waals surface area contributed by atoms with Crippen molar-refractivity contribution in [2.75, 3.05) is 50.0 Å². The van der Waals surface area contributed by atoms with Gasteiger partial charge in [-0.3, -0.25) is 19.3 Å². The molecule has 1 N–H and O–H groups in total. The molecule has 13 heteroatoms. The van der Waals surface area contributed by atoms with E-state index < -0.39 is 0 Å². The van der Waals surface area contributed by atoms with Gasteiger partial charge in [0.25, 0.3) is 0 Å². The molecule has 2 aromatic carbocycles. The highest BCUT2D eigenvalue weighted by atomic mass is 35.5. The number of halogens is 1. The Bertz CT molecular complexity index is 1740. The largest absolute Gasteiger partial charge is 0.497 e. The lowest BCUT2D eigenvalue weighted by molar-refractivity contribution is -0.114. The number of carbonyl (C=O) groups excluding carboxylic acids is 2. The third-order valence-electron chi connectivity index (χ3n) is 7.07. The SMILES string of the molecule is COc1cc(OC)c(Cl)c(N2Cc3cnc(Nc4ccn(C)n4)nc3N(Cc3cccc(CC(=O)/C=C/CN(C)C)c3)C2=O)c1. The van der Waals surface area contributed by atoms with Gasteiger partial charge in [0.05, 0.1) is 33.0 Å². The summed E-state index contributed by atoms with van der Waals surface area (Å²) in [6, 6.07) is 12.4. The number of anilines is 4. The first-order valence-electron chi connectivity index (χ1n) is 14.2. The molecule has 2 aromatic heterocycles. The van der Waals surface area contributed by atoms with E-state index in [9.17, 15) is 9.59 Å². The Kier molecular flexibility index (Phi) is 9.65. The molecule has 0 fully saturated rings. The molecule has 0 unspecified atom stereocenters. The minimum atomic E-state index is -0.352. The van der Waals surface area contributed by atoms with E-state index in [1.165, 1.54) is 14.2 Å². The number of methoxy groups -OCH3 is 2. The Labute approximate surface area is 266 Å². The van der Waals surface area contributed by atoms with Crippen LogP contribution in [0.15, 0.2) is 67.0 Å². The Morgan fingerprint density at radius 1 is 1.13 bits per heavy atom. The quantitative estimate of drug-likeness (QED) is 0.216. The number of nitrogens with zero attached hydrogens (tertiary/aromatic N) is 7. The molecule has 5 rings (SSSR count). The molecule has 45 heavy (non-hydrogen) atoms. The van der Waals surface area contributed by atoms with Gasteiger partial charge in [-0.15, -0.1) is 0 Å². The number of rotatable bonds is 12. The molecule has 12 nitrogen and oxygen atoms in total. The summed E-state index contributed by atoms with van der Waals surface area (Å²) in [6.45, 7) is 1.03. The van der Waals surface area contributed by atoms with Gasteiger partial charge in [0, 0.05) is 56.2 Å². The van der Waals surface area contributed by atoms with Gasteiger partial charge in [-0.1, -0.05) is 41.9 Å². The van der Waals surface area contributed by atoms with Crippen LogP contribution in [0, 0.1) is 0 Å². The first-order chi connectivity index (χ1) is 21.6. The van der Waals surface area contributed by atoms with Gasteiger partial charge in [0.2, 0.25) is 5.95 Å². The van der Waals surface area contributed by atoms with E-state index in [-0.39, 0.29) is 36.3 Å². The molecule has 0 atom stereocenters. The number of aromatic nitrogens is 4. The highest BCUT2D eigenvalue weighted by Crippen LogP contribution is 2.42. The molecule has 4 aromatic rings. The first kappa shape index (κ1) is 31.5. The van der Waals surface area contributed by atoms with Crippen LogP contribution in [0.1, 0.15) is 16.7 Å². The number of aryl methyl sites for hydroxylation is 1. The van der Waals surface area contributed by atoms with Crippen molar-refractivity contribution in [3.63, 3.8) is 0 Å². The molecular weight excluding hydrogens is 596 g/mol. The monoisotopic (exact) mass is 630 g/mol. The van der Waals surface area contributed by atoms with Crippen LogP contribution in [0.3, 0.4) is 0 Å².